The SMILES string of the molecule is COc1ccc(N2C3SCC(C)(C)C2c2ccccc23)cc1. The number of hydrogen-bond donors (Lipinski definition) is 0. The normalized spacial score (nSPS) is 25.0. The third-order valence-electron chi connectivity index (χ3n) is 4.81. The predicted octanol–water partition coefficient (Wildman–Crippen LogP) is 5.03. The molecule has 2 unspecified atom stereocenters. The fraction of sp³-hybridized carbons (Fsp3) is 0.368. The van der Waals surface area contributed by atoms with E-state index >= 15 is 0 Å². The maximum Gasteiger partial charge on any atom is 0.119 e. The first kappa shape index (κ1) is 14.0. The van der Waals surface area contributed by atoms with Gasteiger partial charge in [-0.05, 0) is 40.8 Å². The Kier molecular flexibility index (Phi) is 3.15. The lowest BCUT2D eigenvalue weighted by Gasteiger charge is -2.46. The molecule has 0 aliphatic carbocycles. The average Bonchev–Trinajstić information content (AvgIpc) is 2.82. The quantitative estimate of drug-likeness (QED) is 0.772. The van der Waals surface area contributed by atoms with Crippen molar-refractivity contribution in [1.82, 2.24) is 0 Å². The van der Waals surface area contributed by atoms with Crippen LogP contribution in [0.4, 0.5) is 5.69 Å². The first-order valence-electron chi connectivity index (χ1n) is 7.75. The van der Waals surface area contributed by atoms with Crippen LogP contribution in [0, 0.1) is 5.41 Å². The smallest absolute Gasteiger partial charge is 0.119 e. The average molecular weight is 311 g/mol. The van der Waals surface area contributed by atoms with E-state index in [-0.39, 0.29) is 5.41 Å². The van der Waals surface area contributed by atoms with E-state index in [1.165, 1.54) is 22.6 Å². The van der Waals surface area contributed by atoms with E-state index in [1.54, 1.807) is 7.11 Å². The van der Waals surface area contributed by atoms with Crippen LogP contribution in [-0.4, -0.2) is 12.9 Å². The molecule has 2 aromatic carbocycles. The molecule has 1 fully saturated rings. The minimum Gasteiger partial charge on any atom is -0.497 e. The maximum atomic E-state index is 5.30. The van der Waals surface area contributed by atoms with Crippen molar-refractivity contribution < 1.29 is 4.74 Å². The summed E-state index contributed by atoms with van der Waals surface area (Å²) < 4.78 is 5.30. The zero-order valence-electron chi connectivity index (χ0n) is 13.2. The maximum absolute atomic E-state index is 5.30. The van der Waals surface area contributed by atoms with Gasteiger partial charge in [-0.15, -0.1) is 11.8 Å². The molecule has 2 atom stereocenters. The molecular weight excluding hydrogens is 290 g/mol. The van der Waals surface area contributed by atoms with Crippen LogP contribution in [0.2, 0.25) is 0 Å². The Morgan fingerprint density at radius 2 is 1.73 bits per heavy atom. The molecule has 2 nitrogen and oxygen atoms in total. The lowest BCUT2D eigenvalue weighted by Crippen LogP contribution is -2.40. The van der Waals surface area contributed by atoms with Crippen LogP contribution in [0.25, 0.3) is 0 Å². The molecule has 1 saturated heterocycles. The Bertz CT molecular complexity index is 695. The lowest BCUT2D eigenvalue weighted by molar-refractivity contribution is 0.317. The number of hydrogen-bond acceptors (Lipinski definition) is 3. The Hall–Kier alpha value is -1.61. The summed E-state index contributed by atoms with van der Waals surface area (Å²) in [5.41, 5.74) is 4.53. The number of methoxy groups -OCH3 is 1. The standard InChI is InChI=1S/C19H21NOS/c1-19(2)12-22-18-16-7-5-4-6-15(16)17(19)20(18)13-8-10-14(21-3)11-9-13/h4-11,17-18H,12H2,1-3H3. The number of thioether (sulfide) groups is 1. The highest BCUT2D eigenvalue weighted by Crippen LogP contribution is 2.61. The second kappa shape index (κ2) is 4.95. The van der Waals surface area contributed by atoms with Crippen LogP contribution in [0.5, 0.6) is 5.75 Å². The predicted molar refractivity (Wildman–Crippen MR) is 93.6 cm³/mol. The minimum atomic E-state index is 0.258. The number of benzene rings is 2. The van der Waals surface area contributed by atoms with E-state index in [4.69, 9.17) is 4.74 Å². The third-order valence-corrected chi connectivity index (χ3v) is 6.52. The van der Waals surface area contributed by atoms with Gasteiger partial charge in [0.1, 0.15) is 11.1 Å². The van der Waals surface area contributed by atoms with Crippen molar-refractivity contribution in [3.8, 4) is 5.75 Å². The topological polar surface area (TPSA) is 12.5 Å². The van der Waals surface area contributed by atoms with Crippen molar-refractivity contribution in [1.29, 1.82) is 0 Å². The molecule has 0 amide bonds. The molecule has 0 aromatic heterocycles. The molecule has 2 aromatic rings. The van der Waals surface area contributed by atoms with Gasteiger partial charge in [-0.3, -0.25) is 0 Å². The molecular formula is C19H21NOS. The van der Waals surface area contributed by atoms with Gasteiger partial charge in [0.15, 0.2) is 0 Å². The molecule has 2 aliphatic heterocycles. The summed E-state index contributed by atoms with van der Waals surface area (Å²) in [5, 5.41) is 0.433. The molecule has 114 valence electrons. The number of ether oxygens (including phenoxy) is 1. The zero-order chi connectivity index (χ0) is 15.3. The monoisotopic (exact) mass is 311 g/mol. The Labute approximate surface area is 136 Å². The van der Waals surface area contributed by atoms with Gasteiger partial charge >= 0.3 is 0 Å². The number of fused-ring (bicyclic) bond motifs is 5. The second-order valence-corrected chi connectivity index (χ2v) is 7.86. The van der Waals surface area contributed by atoms with Gasteiger partial charge < -0.3 is 9.64 Å². The zero-order valence-corrected chi connectivity index (χ0v) is 14.1. The van der Waals surface area contributed by atoms with Crippen LogP contribution < -0.4 is 9.64 Å². The van der Waals surface area contributed by atoms with Gasteiger partial charge in [-0.1, -0.05) is 38.1 Å². The van der Waals surface area contributed by atoms with Crippen molar-refractivity contribution in [3.05, 3.63) is 59.7 Å². The van der Waals surface area contributed by atoms with E-state index in [0.29, 0.717) is 11.4 Å². The van der Waals surface area contributed by atoms with Gasteiger partial charge in [0, 0.05) is 11.4 Å². The van der Waals surface area contributed by atoms with Crippen LogP contribution in [0.3, 0.4) is 0 Å². The first-order valence-corrected chi connectivity index (χ1v) is 8.79. The summed E-state index contributed by atoms with van der Waals surface area (Å²) in [6.07, 6.45) is 0. The first-order chi connectivity index (χ1) is 10.6. The van der Waals surface area contributed by atoms with Gasteiger partial charge in [0.05, 0.1) is 13.2 Å². The fourth-order valence-corrected chi connectivity index (χ4v) is 5.34. The van der Waals surface area contributed by atoms with Crippen molar-refractivity contribution >= 4 is 17.4 Å². The van der Waals surface area contributed by atoms with E-state index in [2.05, 4.69) is 79.0 Å². The Balaban J connectivity index is 1.83. The molecule has 0 radical (unpaired) electrons. The van der Waals surface area contributed by atoms with E-state index in [9.17, 15) is 0 Å². The molecule has 4 rings (SSSR count). The molecule has 0 saturated carbocycles. The van der Waals surface area contributed by atoms with E-state index in [0.717, 1.165) is 5.75 Å². The number of nitrogens with zero attached hydrogens (tertiary/aromatic N) is 1. The summed E-state index contributed by atoms with van der Waals surface area (Å²) in [6, 6.07) is 17.9. The fourth-order valence-electron chi connectivity index (χ4n) is 3.80. The number of rotatable bonds is 2. The van der Waals surface area contributed by atoms with Crippen molar-refractivity contribution in [3.63, 3.8) is 0 Å². The molecule has 2 heterocycles. The Morgan fingerprint density at radius 1 is 1.05 bits per heavy atom. The van der Waals surface area contributed by atoms with Gasteiger partial charge in [0.25, 0.3) is 0 Å². The highest BCUT2D eigenvalue weighted by atomic mass is 32.2. The van der Waals surface area contributed by atoms with Crippen molar-refractivity contribution in [2.75, 3.05) is 17.8 Å². The summed E-state index contributed by atoms with van der Waals surface area (Å²) in [4.78, 5) is 2.60. The minimum absolute atomic E-state index is 0.258. The van der Waals surface area contributed by atoms with Gasteiger partial charge in [-0.2, -0.15) is 0 Å². The van der Waals surface area contributed by atoms with Gasteiger partial charge in [-0.25, -0.2) is 0 Å². The second-order valence-electron chi connectivity index (χ2n) is 6.79. The lowest BCUT2D eigenvalue weighted by atomic mass is 9.82. The highest BCUT2D eigenvalue weighted by molar-refractivity contribution is 7.99. The molecule has 0 N–H and O–H groups in total. The van der Waals surface area contributed by atoms with Crippen LogP contribution in [-0.2, 0) is 0 Å². The molecule has 3 heteroatoms. The third kappa shape index (κ3) is 1.95. The van der Waals surface area contributed by atoms with Gasteiger partial charge in [0.2, 0.25) is 0 Å². The largest absolute Gasteiger partial charge is 0.497 e. The number of anilines is 1. The Morgan fingerprint density at radius 3 is 2.41 bits per heavy atom. The van der Waals surface area contributed by atoms with Crippen LogP contribution in [0.15, 0.2) is 48.5 Å². The van der Waals surface area contributed by atoms with E-state index < -0.39 is 0 Å². The molecule has 2 bridgehead atoms. The van der Waals surface area contributed by atoms with Crippen LogP contribution in [0.1, 0.15) is 36.4 Å². The van der Waals surface area contributed by atoms with Crippen molar-refractivity contribution in [2.45, 2.75) is 25.3 Å². The summed E-state index contributed by atoms with van der Waals surface area (Å²) in [6.45, 7) is 4.78. The highest BCUT2D eigenvalue weighted by Gasteiger charge is 2.50. The summed E-state index contributed by atoms with van der Waals surface area (Å²) in [5.74, 6) is 2.11. The molecule has 22 heavy (non-hydrogen) atoms. The van der Waals surface area contributed by atoms with Crippen molar-refractivity contribution in [2.24, 2.45) is 5.41 Å². The van der Waals surface area contributed by atoms with E-state index in [1.807, 2.05) is 0 Å². The summed E-state index contributed by atoms with van der Waals surface area (Å²) >= 11 is 2.06. The molecule has 2 aliphatic rings. The molecule has 0 spiro atoms. The summed E-state index contributed by atoms with van der Waals surface area (Å²) in [7, 11) is 1.72. The van der Waals surface area contributed by atoms with Crippen LogP contribution >= 0.6 is 11.8 Å².